The van der Waals surface area contributed by atoms with E-state index in [-0.39, 0.29) is 11.4 Å². The maximum atomic E-state index is 12.1. The van der Waals surface area contributed by atoms with E-state index in [0.29, 0.717) is 32.0 Å². The second-order valence-corrected chi connectivity index (χ2v) is 10.5. The van der Waals surface area contributed by atoms with Crippen LogP contribution in [0.15, 0.2) is 69.6 Å². The molecule has 4 rings (SSSR count). The van der Waals surface area contributed by atoms with Crippen LogP contribution in [-0.2, 0) is 32.7 Å². The van der Waals surface area contributed by atoms with Gasteiger partial charge < -0.3 is 23.2 Å². The molecule has 4 aromatic rings. The largest absolute Gasteiger partial charge is 0.486 e. The van der Waals surface area contributed by atoms with Gasteiger partial charge in [-0.05, 0) is 50.1 Å². The normalized spacial score (nSPS) is 12.4. The summed E-state index contributed by atoms with van der Waals surface area (Å²) < 4.78 is 28.3. The summed E-state index contributed by atoms with van der Waals surface area (Å²) in [5.74, 6) is 2.78. The Morgan fingerprint density at radius 2 is 1.64 bits per heavy atom. The van der Waals surface area contributed by atoms with Crippen LogP contribution in [0.2, 0.25) is 0 Å². The minimum absolute atomic E-state index is 0.0891. The van der Waals surface area contributed by atoms with Gasteiger partial charge in [0.15, 0.2) is 6.10 Å². The zero-order valence-electron chi connectivity index (χ0n) is 23.6. The highest BCUT2D eigenvalue weighted by Gasteiger charge is 2.21. The lowest BCUT2D eigenvalue weighted by atomic mass is 9.93. The number of hydrogen-bond donors (Lipinski definition) is 0. The topological polar surface area (TPSA) is 83.9 Å². The van der Waals surface area contributed by atoms with Crippen LogP contribution in [0.5, 0.6) is 5.75 Å². The third-order valence-electron chi connectivity index (χ3n) is 6.37. The Morgan fingerprint density at radius 3 is 2.26 bits per heavy atom. The van der Waals surface area contributed by atoms with Gasteiger partial charge in [0.2, 0.25) is 0 Å². The molecule has 0 N–H and O–H groups in total. The minimum atomic E-state index is -0.614. The molecule has 39 heavy (non-hydrogen) atoms. The molecular formula is C32H37NO6. The summed E-state index contributed by atoms with van der Waals surface area (Å²) in [6.07, 6.45) is -0.169. The molecule has 0 aliphatic rings. The molecule has 0 amide bonds. The molecule has 0 radical (unpaired) electrons. The number of carbonyl (C=O) groups is 1. The Kier molecular flexibility index (Phi) is 8.92. The third kappa shape index (κ3) is 7.18. The number of aryl methyl sites for hydroxylation is 1. The smallest absolute Gasteiger partial charge is 0.335 e. The molecule has 7 nitrogen and oxygen atoms in total. The number of aromatic nitrogens is 1. The van der Waals surface area contributed by atoms with E-state index in [2.05, 4.69) is 25.9 Å². The number of nitrogens with zero attached hydrogens (tertiary/aromatic N) is 1. The highest BCUT2D eigenvalue weighted by molar-refractivity contribution is 5.75. The van der Waals surface area contributed by atoms with Crippen molar-refractivity contribution in [2.24, 2.45) is 0 Å². The Morgan fingerprint density at radius 1 is 0.949 bits per heavy atom. The van der Waals surface area contributed by atoms with Crippen molar-refractivity contribution >= 4 is 5.97 Å². The van der Waals surface area contributed by atoms with Gasteiger partial charge >= 0.3 is 5.97 Å². The van der Waals surface area contributed by atoms with Gasteiger partial charge in [-0.15, -0.1) is 0 Å². The first kappa shape index (κ1) is 28.2. The standard InChI is InChI=1S/C32H37NO6/c1-7-35-28(31(34)36-8-2)18-22-9-15-25(16-10-22)37-20-29-21(3)17-27(38-29)24-13-11-23(12-14-24)26-19-30(39-33-26)32(4,5)6/h9-17,19,28H,7-8,18,20H2,1-6H3/t28-/m0/s1. The number of furan rings is 1. The van der Waals surface area contributed by atoms with Gasteiger partial charge in [0, 0.05) is 35.6 Å². The molecular weight excluding hydrogens is 494 g/mol. The van der Waals surface area contributed by atoms with E-state index in [1.165, 1.54) is 0 Å². The summed E-state index contributed by atoms with van der Waals surface area (Å²) in [7, 11) is 0. The molecule has 0 aliphatic carbocycles. The van der Waals surface area contributed by atoms with Crippen LogP contribution in [0.3, 0.4) is 0 Å². The molecule has 0 aliphatic heterocycles. The Labute approximate surface area is 230 Å². The maximum absolute atomic E-state index is 12.1. The molecule has 0 unspecified atom stereocenters. The summed E-state index contributed by atoms with van der Waals surface area (Å²) in [6, 6.07) is 19.7. The van der Waals surface area contributed by atoms with Gasteiger partial charge in [0.05, 0.1) is 6.61 Å². The molecule has 1 atom stereocenters. The number of ether oxygens (including phenoxy) is 3. The summed E-state index contributed by atoms with van der Waals surface area (Å²) in [5, 5.41) is 4.23. The van der Waals surface area contributed by atoms with Gasteiger partial charge in [-0.2, -0.15) is 0 Å². The van der Waals surface area contributed by atoms with Crippen LogP contribution < -0.4 is 4.74 Å². The number of carbonyl (C=O) groups excluding carboxylic acids is 1. The number of hydrogen-bond acceptors (Lipinski definition) is 7. The van der Waals surface area contributed by atoms with Crippen molar-refractivity contribution in [3.05, 3.63) is 83.3 Å². The van der Waals surface area contributed by atoms with Crippen LogP contribution in [0.4, 0.5) is 0 Å². The summed E-state index contributed by atoms with van der Waals surface area (Å²) in [6.45, 7) is 13.0. The second-order valence-electron chi connectivity index (χ2n) is 10.5. The van der Waals surface area contributed by atoms with Gasteiger partial charge in [-0.25, -0.2) is 4.79 Å². The van der Waals surface area contributed by atoms with Gasteiger partial charge in [-0.3, -0.25) is 0 Å². The maximum Gasteiger partial charge on any atom is 0.335 e. The fourth-order valence-electron chi connectivity index (χ4n) is 4.11. The number of rotatable bonds is 11. The van der Waals surface area contributed by atoms with E-state index in [1.54, 1.807) is 6.92 Å². The summed E-state index contributed by atoms with van der Waals surface area (Å²) in [4.78, 5) is 12.1. The molecule has 2 aromatic heterocycles. The van der Waals surface area contributed by atoms with Crippen molar-refractivity contribution < 1.29 is 27.9 Å². The van der Waals surface area contributed by atoms with Crippen molar-refractivity contribution in [3.63, 3.8) is 0 Å². The third-order valence-corrected chi connectivity index (χ3v) is 6.37. The first-order valence-corrected chi connectivity index (χ1v) is 13.3. The van der Waals surface area contributed by atoms with Crippen molar-refractivity contribution in [2.75, 3.05) is 13.2 Å². The molecule has 206 valence electrons. The van der Waals surface area contributed by atoms with Crippen LogP contribution in [0, 0.1) is 6.92 Å². The zero-order chi connectivity index (χ0) is 28.0. The molecule has 0 bridgehead atoms. The lowest BCUT2D eigenvalue weighted by Gasteiger charge is -2.15. The molecule has 0 spiro atoms. The van der Waals surface area contributed by atoms with Crippen molar-refractivity contribution in [1.29, 1.82) is 0 Å². The first-order chi connectivity index (χ1) is 18.7. The second kappa shape index (κ2) is 12.3. The van der Waals surface area contributed by atoms with Gasteiger partial charge in [0.1, 0.15) is 35.3 Å². The molecule has 2 aromatic carbocycles. The lowest BCUT2D eigenvalue weighted by molar-refractivity contribution is -0.156. The van der Waals surface area contributed by atoms with Crippen LogP contribution >= 0.6 is 0 Å². The highest BCUT2D eigenvalue weighted by atomic mass is 16.6. The van der Waals surface area contributed by atoms with Gasteiger partial charge in [0.25, 0.3) is 0 Å². The fraction of sp³-hybridized carbons (Fsp3) is 0.375. The predicted molar refractivity (Wildman–Crippen MR) is 150 cm³/mol. The van der Waals surface area contributed by atoms with Crippen molar-refractivity contribution in [3.8, 4) is 28.3 Å². The lowest BCUT2D eigenvalue weighted by Crippen LogP contribution is -2.28. The Balaban J connectivity index is 1.37. The zero-order valence-corrected chi connectivity index (χ0v) is 23.6. The molecule has 2 heterocycles. The van der Waals surface area contributed by atoms with Gasteiger partial charge in [-0.1, -0.05) is 62.3 Å². The number of esters is 1. The van der Waals surface area contributed by atoms with E-state index in [4.69, 9.17) is 23.2 Å². The van der Waals surface area contributed by atoms with E-state index >= 15 is 0 Å². The summed E-state index contributed by atoms with van der Waals surface area (Å²) in [5.41, 5.74) is 4.68. The molecule has 7 heteroatoms. The summed E-state index contributed by atoms with van der Waals surface area (Å²) >= 11 is 0. The Hall–Kier alpha value is -3.84. The highest BCUT2D eigenvalue weighted by Crippen LogP contribution is 2.31. The first-order valence-electron chi connectivity index (χ1n) is 13.3. The average molecular weight is 532 g/mol. The van der Waals surface area contributed by atoms with E-state index < -0.39 is 6.10 Å². The van der Waals surface area contributed by atoms with E-state index in [9.17, 15) is 4.79 Å². The quantitative estimate of drug-likeness (QED) is 0.188. The van der Waals surface area contributed by atoms with Crippen molar-refractivity contribution in [2.45, 2.75) is 66.1 Å². The van der Waals surface area contributed by atoms with E-state index in [0.717, 1.165) is 45.2 Å². The number of benzene rings is 2. The average Bonchev–Trinajstić information content (AvgIpc) is 3.56. The molecule has 0 saturated heterocycles. The minimum Gasteiger partial charge on any atom is -0.486 e. The van der Waals surface area contributed by atoms with Crippen molar-refractivity contribution in [1.82, 2.24) is 5.16 Å². The van der Waals surface area contributed by atoms with Crippen LogP contribution in [0.25, 0.3) is 22.6 Å². The fourth-order valence-corrected chi connectivity index (χ4v) is 4.11. The molecule has 0 saturated carbocycles. The Bertz CT molecular complexity index is 1360. The SMILES string of the molecule is CCOC(=O)[C@H](Cc1ccc(OCc2oc(-c3ccc(-c4cc(C(C)(C)C)on4)cc3)cc2C)cc1)OCC. The van der Waals surface area contributed by atoms with Crippen LogP contribution in [0.1, 0.15) is 57.3 Å². The monoisotopic (exact) mass is 531 g/mol. The molecule has 0 fully saturated rings. The van der Waals surface area contributed by atoms with Crippen LogP contribution in [-0.4, -0.2) is 30.4 Å². The van der Waals surface area contributed by atoms with E-state index in [1.807, 2.05) is 74.5 Å². The predicted octanol–water partition coefficient (Wildman–Crippen LogP) is 7.30.